The number of aromatic hydroxyl groups is 1. The summed E-state index contributed by atoms with van der Waals surface area (Å²) >= 11 is 6.67. The Hall–Kier alpha value is -1.00. The first-order chi connectivity index (χ1) is 7.65. The zero-order valence-electron chi connectivity index (χ0n) is 8.15. The van der Waals surface area contributed by atoms with Crippen LogP contribution in [0.2, 0.25) is 0 Å². The lowest BCUT2D eigenvalue weighted by atomic mass is 10.3. The Morgan fingerprint density at radius 3 is 2.19 bits per heavy atom. The van der Waals surface area contributed by atoms with E-state index in [9.17, 15) is 5.11 Å². The Balaban J connectivity index is 2.26. The highest BCUT2D eigenvalue weighted by Crippen LogP contribution is 2.33. The van der Waals surface area contributed by atoms with Crippen molar-refractivity contribution < 1.29 is 9.84 Å². The van der Waals surface area contributed by atoms with Crippen molar-refractivity contribution in [2.45, 2.75) is 0 Å². The maximum absolute atomic E-state index is 9.60. The molecule has 2 nitrogen and oxygen atoms in total. The maximum atomic E-state index is 9.60. The van der Waals surface area contributed by atoms with Gasteiger partial charge in [-0.05, 0) is 42.5 Å². The lowest BCUT2D eigenvalue weighted by Crippen LogP contribution is -1.84. The second-order valence-corrected chi connectivity index (χ2v) is 5.00. The van der Waals surface area contributed by atoms with Gasteiger partial charge in [0.05, 0.1) is 0 Å². The molecule has 2 aromatic rings. The molecule has 0 fully saturated rings. The van der Waals surface area contributed by atoms with Gasteiger partial charge in [0.15, 0.2) is 11.5 Å². The fourth-order valence-electron chi connectivity index (χ4n) is 1.20. The molecule has 1 N–H and O–H groups in total. The molecule has 0 aromatic heterocycles. The van der Waals surface area contributed by atoms with Crippen molar-refractivity contribution in [1.82, 2.24) is 0 Å². The molecule has 0 heterocycles. The monoisotopic (exact) mass is 342 g/mol. The molecule has 0 saturated heterocycles. The SMILES string of the molecule is Oc1ccc(Br)cc1Oc1ccc(Br)cc1. The van der Waals surface area contributed by atoms with E-state index in [-0.39, 0.29) is 5.75 Å². The summed E-state index contributed by atoms with van der Waals surface area (Å²) in [4.78, 5) is 0. The first-order valence-electron chi connectivity index (χ1n) is 4.57. The summed E-state index contributed by atoms with van der Waals surface area (Å²) < 4.78 is 7.39. The smallest absolute Gasteiger partial charge is 0.170 e. The zero-order valence-corrected chi connectivity index (χ0v) is 11.3. The van der Waals surface area contributed by atoms with Gasteiger partial charge in [-0.25, -0.2) is 0 Å². The van der Waals surface area contributed by atoms with Crippen LogP contribution in [0.1, 0.15) is 0 Å². The van der Waals surface area contributed by atoms with Crippen molar-refractivity contribution in [3.63, 3.8) is 0 Å². The Kier molecular flexibility index (Phi) is 3.51. The van der Waals surface area contributed by atoms with Gasteiger partial charge in [0.2, 0.25) is 0 Å². The molecular weight excluding hydrogens is 336 g/mol. The number of benzene rings is 2. The third-order valence-electron chi connectivity index (χ3n) is 1.96. The Labute approximate surface area is 110 Å². The zero-order chi connectivity index (χ0) is 11.5. The van der Waals surface area contributed by atoms with Gasteiger partial charge in [-0.1, -0.05) is 31.9 Å². The summed E-state index contributed by atoms with van der Waals surface area (Å²) in [7, 11) is 0. The van der Waals surface area contributed by atoms with Crippen LogP contribution in [0.5, 0.6) is 17.2 Å². The summed E-state index contributed by atoms with van der Waals surface area (Å²) in [5, 5.41) is 9.60. The topological polar surface area (TPSA) is 29.5 Å². The molecule has 0 bridgehead atoms. The number of ether oxygens (including phenoxy) is 1. The Morgan fingerprint density at radius 2 is 1.50 bits per heavy atom. The molecule has 0 atom stereocenters. The van der Waals surface area contributed by atoms with E-state index in [2.05, 4.69) is 31.9 Å². The predicted octanol–water partition coefficient (Wildman–Crippen LogP) is 4.71. The van der Waals surface area contributed by atoms with E-state index >= 15 is 0 Å². The van der Waals surface area contributed by atoms with Crippen LogP contribution in [0.3, 0.4) is 0 Å². The van der Waals surface area contributed by atoms with Crippen molar-refractivity contribution in [1.29, 1.82) is 0 Å². The number of rotatable bonds is 2. The van der Waals surface area contributed by atoms with Crippen LogP contribution in [0.15, 0.2) is 51.4 Å². The van der Waals surface area contributed by atoms with Crippen molar-refractivity contribution >= 4 is 31.9 Å². The number of phenolic OH excluding ortho intramolecular Hbond substituents is 1. The second kappa shape index (κ2) is 4.89. The highest BCUT2D eigenvalue weighted by atomic mass is 79.9. The summed E-state index contributed by atoms with van der Waals surface area (Å²) in [5.74, 6) is 1.22. The summed E-state index contributed by atoms with van der Waals surface area (Å²) in [6, 6.07) is 12.5. The van der Waals surface area contributed by atoms with Gasteiger partial charge >= 0.3 is 0 Å². The quantitative estimate of drug-likeness (QED) is 0.855. The van der Waals surface area contributed by atoms with Crippen LogP contribution >= 0.6 is 31.9 Å². The Bertz CT molecular complexity index is 495. The molecule has 0 amide bonds. The Morgan fingerprint density at radius 1 is 0.875 bits per heavy atom. The minimum atomic E-state index is 0.117. The minimum Gasteiger partial charge on any atom is -0.504 e. The lowest BCUT2D eigenvalue weighted by Gasteiger charge is -2.07. The van der Waals surface area contributed by atoms with E-state index in [1.807, 2.05) is 24.3 Å². The maximum Gasteiger partial charge on any atom is 0.170 e. The highest BCUT2D eigenvalue weighted by Gasteiger charge is 2.04. The van der Waals surface area contributed by atoms with Crippen LogP contribution < -0.4 is 4.74 Å². The molecule has 0 spiro atoms. The average molecular weight is 344 g/mol. The van der Waals surface area contributed by atoms with E-state index in [1.165, 1.54) is 0 Å². The highest BCUT2D eigenvalue weighted by molar-refractivity contribution is 9.10. The number of hydrogen-bond donors (Lipinski definition) is 1. The van der Waals surface area contributed by atoms with Gasteiger partial charge in [0.1, 0.15) is 5.75 Å². The average Bonchev–Trinajstić information content (AvgIpc) is 2.27. The third-order valence-corrected chi connectivity index (χ3v) is 2.99. The van der Waals surface area contributed by atoms with Crippen LogP contribution in [0, 0.1) is 0 Å². The number of phenols is 1. The first kappa shape index (κ1) is 11.5. The van der Waals surface area contributed by atoms with Gasteiger partial charge in [0.25, 0.3) is 0 Å². The van der Waals surface area contributed by atoms with Crippen LogP contribution in [-0.2, 0) is 0 Å². The lowest BCUT2D eigenvalue weighted by molar-refractivity contribution is 0.411. The van der Waals surface area contributed by atoms with Gasteiger partial charge in [-0.2, -0.15) is 0 Å². The normalized spacial score (nSPS) is 10.1. The summed E-state index contributed by atoms with van der Waals surface area (Å²) in [6.45, 7) is 0. The van der Waals surface area contributed by atoms with Crippen molar-refractivity contribution in [3.05, 3.63) is 51.4 Å². The molecule has 4 heteroatoms. The molecular formula is C12H8Br2O2. The summed E-state index contributed by atoms with van der Waals surface area (Å²) in [5.41, 5.74) is 0. The standard InChI is InChI=1S/C12H8Br2O2/c13-8-1-4-10(5-2-8)16-12-7-9(14)3-6-11(12)15/h1-7,15H. The molecule has 2 aromatic carbocycles. The minimum absolute atomic E-state index is 0.117. The molecule has 0 unspecified atom stereocenters. The number of halogens is 2. The first-order valence-corrected chi connectivity index (χ1v) is 6.16. The van der Waals surface area contributed by atoms with Crippen LogP contribution in [0.25, 0.3) is 0 Å². The van der Waals surface area contributed by atoms with Gasteiger partial charge < -0.3 is 9.84 Å². The molecule has 16 heavy (non-hydrogen) atoms. The predicted molar refractivity (Wildman–Crippen MR) is 70.0 cm³/mol. The molecule has 0 radical (unpaired) electrons. The van der Waals surface area contributed by atoms with Crippen LogP contribution in [-0.4, -0.2) is 5.11 Å². The third kappa shape index (κ3) is 2.77. The molecule has 0 aliphatic rings. The second-order valence-electron chi connectivity index (χ2n) is 3.17. The molecule has 0 aliphatic carbocycles. The van der Waals surface area contributed by atoms with E-state index in [0.29, 0.717) is 11.5 Å². The summed E-state index contributed by atoms with van der Waals surface area (Å²) in [6.07, 6.45) is 0. The molecule has 2 rings (SSSR count). The van der Waals surface area contributed by atoms with E-state index in [0.717, 1.165) is 8.95 Å². The fourth-order valence-corrected chi connectivity index (χ4v) is 1.80. The fraction of sp³-hybridized carbons (Fsp3) is 0. The number of hydrogen-bond acceptors (Lipinski definition) is 2. The van der Waals surface area contributed by atoms with Gasteiger partial charge in [0, 0.05) is 8.95 Å². The van der Waals surface area contributed by atoms with Crippen LogP contribution in [0.4, 0.5) is 0 Å². The van der Waals surface area contributed by atoms with Crippen molar-refractivity contribution in [2.24, 2.45) is 0 Å². The van der Waals surface area contributed by atoms with Crippen molar-refractivity contribution in [2.75, 3.05) is 0 Å². The van der Waals surface area contributed by atoms with Crippen molar-refractivity contribution in [3.8, 4) is 17.2 Å². The van der Waals surface area contributed by atoms with Gasteiger partial charge in [-0.15, -0.1) is 0 Å². The largest absolute Gasteiger partial charge is 0.504 e. The van der Waals surface area contributed by atoms with Gasteiger partial charge in [-0.3, -0.25) is 0 Å². The molecule has 0 aliphatic heterocycles. The van der Waals surface area contributed by atoms with E-state index < -0.39 is 0 Å². The van der Waals surface area contributed by atoms with E-state index in [4.69, 9.17) is 4.74 Å². The molecule has 82 valence electrons. The molecule has 0 saturated carbocycles. The van der Waals surface area contributed by atoms with E-state index in [1.54, 1.807) is 18.2 Å².